The Labute approximate surface area is 392 Å². The number of para-hydroxylation sites is 2. The van der Waals surface area contributed by atoms with Crippen molar-refractivity contribution >= 4 is 49.3 Å². The molecule has 3 aliphatic rings. The van der Waals surface area contributed by atoms with Crippen molar-refractivity contribution in [3.05, 3.63) is 196 Å². The Morgan fingerprint density at radius 2 is 1.28 bits per heavy atom. The van der Waals surface area contributed by atoms with Crippen LogP contribution in [0.3, 0.4) is 0 Å². The van der Waals surface area contributed by atoms with E-state index in [4.69, 9.17) is 6.57 Å². The van der Waals surface area contributed by atoms with Crippen LogP contribution in [0.2, 0.25) is 0 Å². The molecule has 1 saturated carbocycles. The summed E-state index contributed by atoms with van der Waals surface area (Å²) in [5, 5.41) is 15.0. The van der Waals surface area contributed by atoms with Crippen molar-refractivity contribution < 1.29 is 0 Å². The van der Waals surface area contributed by atoms with Crippen LogP contribution in [0.4, 0.5) is 5.69 Å². The highest BCUT2D eigenvalue weighted by atomic mass is 15.0. The van der Waals surface area contributed by atoms with E-state index >= 15 is 0 Å². The third-order valence-electron chi connectivity index (χ3n) is 16.5. The average molecular weight is 863 g/mol. The van der Waals surface area contributed by atoms with Gasteiger partial charge in [0, 0.05) is 32.6 Å². The van der Waals surface area contributed by atoms with E-state index in [9.17, 15) is 5.26 Å². The van der Waals surface area contributed by atoms with Gasteiger partial charge < -0.3 is 9.13 Å². The minimum atomic E-state index is -0.186. The fourth-order valence-corrected chi connectivity index (χ4v) is 13.6. The molecule has 0 radical (unpaired) electrons. The number of aryl methyl sites for hydroxylation is 1. The van der Waals surface area contributed by atoms with E-state index in [2.05, 4.69) is 188 Å². The zero-order valence-electron chi connectivity index (χ0n) is 38.7. The lowest BCUT2D eigenvalue weighted by atomic mass is 9.69. The summed E-state index contributed by atoms with van der Waals surface area (Å²) in [5.74, 6) is 1.24. The highest BCUT2D eigenvalue weighted by Gasteiger charge is 2.48. The molecule has 67 heavy (non-hydrogen) atoms. The number of benzene rings is 8. The molecule has 322 valence electrons. The van der Waals surface area contributed by atoms with Crippen LogP contribution in [0.5, 0.6) is 0 Å². The molecule has 2 aromatic heterocycles. The predicted octanol–water partition coefficient (Wildman–Crippen LogP) is 16.8. The Kier molecular flexibility index (Phi) is 8.39. The molecule has 2 atom stereocenters. The monoisotopic (exact) mass is 862 g/mol. The number of hydrogen-bond donors (Lipinski definition) is 0. The van der Waals surface area contributed by atoms with Gasteiger partial charge in [0.05, 0.1) is 46.0 Å². The van der Waals surface area contributed by atoms with Crippen LogP contribution in [0.25, 0.3) is 93.2 Å². The van der Waals surface area contributed by atoms with Crippen molar-refractivity contribution in [1.82, 2.24) is 9.13 Å². The van der Waals surface area contributed by atoms with E-state index in [1.807, 2.05) is 18.2 Å². The molecular formula is C63H50N4. The van der Waals surface area contributed by atoms with Gasteiger partial charge in [0.15, 0.2) is 5.69 Å². The molecule has 10 aromatic rings. The van der Waals surface area contributed by atoms with Crippen molar-refractivity contribution in [1.29, 1.82) is 5.26 Å². The maximum absolute atomic E-state index is 9.81. The molecular weight excluding hydrogens is 813 g/mol. The summed E-state index contributed by atoms with van der Waals surface area (Å²) in [6, 6.07) is 57.7. The van der Waals surface area contributed by atoms with Gasteiger partial charge in [0.25, 0.3) is 0 Å². The molecule has 3 aliphatic carbocycles. The van der Waals surface area contributed by atoms with Gasteiger partial charge in [0.2, 0.25) is 0 Å². The van der Waals surface area contributed by atoms with E-state index in [0.717, 1.165) is 50.2 Å². The smallest absolute Gasteiger partial charge is 0.195 e. The average Bonchev–Trinajstić information content (AvgIpc) is 4.02. The van der Waals surface area contributed by atoms with Crippen LogP contribution < -0.4 is 0 Å². The van der Waals surface area contributed by atoms with Crippen molar-refractivity contribution in [2.75, 3.05) is 0 Å². The topological polar surface area (TPSA) is 38.0 Å². The van der Waals surface area contributed by atoms with Crippen molar-refractivity contribution in [2.24, 2.45) is 5.92 Å². The highest BCUT2D eigenvalue weighted by Crippen LogP contribution is 2.59. The van der Waals surface area contributed by atoms with Gasteiger partial charge in [-0.15, -0.1) is 0 Å². The standard InChI is InChI=1S/C63H50N4/c1-37-33-38(36-64)23-26-41(37)39-24-30-55(67-54-22-14-10-18-47(54)59-57(67)32-28-45-43-16-8-12-20-51(43)63(4,5)61(45)59)49(34-39)48-35-40(25-29-52(48)65-6)66-53-21-13-9-17-46(53)58-56(66)31-27-44-42-15-7-11-19-50(42)62(2,3)60(44)58/h7,9-11,13-15,17-19,21-35,43,51H,8,12,16,20H2,1-5H3. The van der Waals surface area contributed by atoms with Crippen LogP contribution in [0.15, 0.2) is 152 Å². The fraction of sp³-hybridized carbons (Fsp3) is 0.206. The first-order valence-electron chi connectivity index (χ1n) is 24.0. The number of hydrogen-bond acceptors (Lipinski definition) is 1. The second-order valence-corrected chi connectivity index (χ2v) is 20.6. The molecule has 0 saturated heterocycles. The number of aromatic nitrogens is 2. The van der Waals surface area contributed by atoms with Crippen LogP contribution in [0, 0.1) is 30.7 Å². The highest BCUT2D eigenvalue weighted by molar-refractivity contribution is 6.15. The Morgan fingerprint density at radius 3 is 2.06 bits per heavy atom. The van der Waals surface area contributed by atoms with E-state index in [-0.39, 0.29) is 10.8 Å². The maximum atomic E-state index is 9.81. The molecule has 2 unspecified atom stereocenters. The molecule has 8 aromatic carbocycles. The van der Waals surface area contributed by atoms with Gasteiger partial charge in [-0.25, -0.2) is 4.85 Å². The summed E-state index contributed by atoms with van der Waals surface area (Å²) in [6.07, 6.45) is 5.16. The van der Waals surface area contributed by atoms with Gasteiger partial charge in [-0.3, -0.25) is 0 Å². The van der Waals surface area contributed by atoms with E-state index in [1.54, 1.807) is 5.56 Å². The van der Waals surface area contributed by atoms with Crippen LogP contribution in [-0.2, 0) is 10.8 Å². The summed E-state index contributed by atoms with van der Waals surface area (Å²) in [7, 11) is 0. The Balaban J connectivity index is 1.10. The molecule has 0 bridgehead atoms. The molecule has 0 N–H and O–H groups in total. The quantitative estimate of drug-likeness (QED) is 0.162. The third-order valence-corrected chi connectivity index (χ3v) is 16.5. The molecule has 0 spiro atoms. The summed E-state index contributed by atoms with van der Waals surface area (Å²) < 4.78 is 4.90. The minimum absolute atomic E-state index is 0.0424. The largest absolute Gasteiger partial charge is 0.309 e. The lowest BCUT2D eigenvalue weighted by Gasteiger charge is -2.35. The normalized spacial score (nSPS) is 17.6. The van der Waals surface area contributed by atoms with Gasteiger partial charge in [0.1, 0.15) is 0 Å². The lowest BCUT2D eigenvalue weighted by molar-refractivity contribution is 0.233. The second kappa shape index (κ2) is 14.2. The third kappa shape index (κ3) is 5.39. The van der Waals surface area contributed by atoms with Gasteiger partial charge in [-0.05, 0) is 159 Å². The van der Waals surface area contributed by atoms with Gasteiger partial charge >= 0.3 is 0 Å². The Hall–Kier alpha value is -7.66. The summed E-state index contributed by atoms with van der Waals surface area (Å²) in [6.45, 7) is 20.6. The molecule has 4 heteroatoms. The maximum Gasteiger partial charge on any atom is 0.195 e. The molecule has 4 nitrogen and oxygen atoms in total. The van der Waals surface area contributed by atoms with Crippen molar-refractivity contribution in [2.45, 2.75) is 77.0 Å². The van der Waals surface area contributed by atoms with E-state index < -0.39 is 0 Å². The first-order valence-corrected chi connectivity index (χ1v) is 24.0. The lowest BCUT2D eigenvalue weighted by Crippen LogP contribution is -2.28. The van der Waals surface area contributed by atoms with Gasteiger partial charge in [-0.1, -0.05) is 132 Å². The zero-order chi connectivity index (χ0) is 45.5. The molecule has 2 heterocycles. The summed E-state index contributed by atoms with van der Waals surface area (Å²) in [4.78, 5) is 4.28. The summed E-state index contributed by atoms with van der Waals surface area (Å²) >= 11 is 0. The minimum Gasteiger partial charge on any atom is -0.309 e. The number of fused-ring (bicyclic) bond motifs is 14. The van der Waals surface area contributed by atoms with Crippen LogP contribution >= 0.6 is 0 Å². The molecule has 0 amide bonds. The number of rotatable bonds is 4. The van der Waals surface area contributed by atoms with Crippen molar-refractivity contribution in [3.63, 3.8) is 0 Å². The number of nitriles is 1. The first kappa shape index (κ1) is 39.7. The summed E-state index contributed by atoms with van der Waals surface area (Å²) in [5.41, 5.74) is 21.3. The molecule has 0 aliphatic heterocycles. The molecule has 1 fully saturated rings. The second-order valence-electron chi connectivity index (χ2n) is 20.6. The van der Waals surface area contributed by atoms with Crippen LogP contribution in [0.1, 0.15) is 92.7 Å². The Morgan fingerprint density at radius 1 is 0.597 bits per heavy atom. The van der Waals surface area contributed by atoms with E-state index in [0.29, 0.717) is 23.1 Å². The predicted molar refractivity (Wildman–Crippen MR) is 277 cm³/mol. The fourth-order valence-electron chi connectivity index (χ4n) is 13.6. The van der Waals surface area contributed by atoms with Gasteiger partial charge in [-0.2, -0.15) is 5.26 Å². The molecule has 13 rings (SSSR count). The first-order chi connectivity index (χ1) is 32.6. The number of nitrogens with zero attached hydrogens (tertiary/aromatic N) is 4. The van der Waals surface area contributed by atoms with Crippen molar-refractivity contribution in [3.8, 4) is 50.8 Å². The van der Waals surface area contributed by atoms with Crippen LogP contribution in [-0.4, -0.2) is 9.13 Å². The van der Waals surface area contributed by atoms with E-state index in [1.165, 1.54) is 86.1 Å². The zero-order valence-corrected chi connectivity index (χ0v) is 38.7. The Bertz CT molecular complexity index is 3870. The SMILES string of the molecule is [C-]#[N+]c1ccc(-n2c3ccccc3c3c4c(ccc32)-c2ccccc2C4(C)C)cc1-c1cc(-c2ccc(C#N)cc2C)ccc1-n1c2ccccc2c2c3c(ccc21)C1CCCCC1C3(C)C.